The van der Waals surface area contributed by atoms with Gasteiger partial charge in [-0.25, -0.2) is 0 Å². The van der Waals surface area contributed by atoms with Crippen LogP contribution in [0.3, 0.4) is 0 Å². The number of hydrogen-bond acceptors (Lipinski definition) is 2. The Hall–Kier alpha value is -1.06. The Morgan fingerprint density at radius 1 is 1.31 bits per heavy atom. The van der Waals surface area contributed by atoms with Gasteiger partial charge >= 0.3 is 5.97 Å². The summed E-state index contributed by atoms with van der Waals surface area (Å²) in [5, 5.41) is 16.7. The molecule has 0 unspecified atom stereocenters. The maximum Gasteiger partial charge on any atom is 0.324 e. The van der Waals surface area contributed by atoms with Crippen molar-refractivity contribution in [3.05, 3.63) is 35.9 Å². The van der Waals surface area contributed by atoms with Gasteiger partial charge in [0.05, 0.1) is 0 Å². The van der Waals surface area contributed by atoms with Crippen LogP contribution >= 0.6 is 11.6 Å². The fourth-order valence-corrected chi connectivity index (χ4v) is 1.10. The molecule has 2 N–H and O–H groups in total. The molecular weight excluding hydrogens is 192 g/mol. The zero-order chi connectivity index (χ0) is 9.84. The zero-order valence-electron chi connectivity index (χ0n) is 6.72. The Morgan fingerprint density at radius 2 is 1.85 bits per heavy atom. The van der Waals surface area contributed by atoms with Crippen LogP contribution in [0.25, 0.3) is 0 Å². The van der Waals surface area contributed by atoms with Crippen molar-refractivity contribution in [1.29, 1.82) is 0 Å². The van der Waals surface area contributed by atoms with Crippen molar-refractivity contribution in [3.8, 4) is 0 Å². The Morgan fingerprint density at radius 3 is 2.31 bits per heavy atom. The molecule has 0 aliphatic carbocycles. The lowest BCUT2D eigenvalue weighted by molar-refractivity contribution is -0.138. The highest BCUT2D eigenvalue weighted by molar-refractivity contribution is 6.30. The number of carbonyl (C=O) groups is 1. The highest BCUT2D eigenvalue weighted by Gasteiger charge is 2.24. The van der Waals surface area contributed by atoms with Crippen LogP contribution in [0, 0.1) is 0 Å². The van der Waals surface area contributed by atoms with E-state index in [-0.39, 0.29) is 0 Å². The van der Waals surface area contributed by atoms with Gasteiger partial charge in [0.15, 0.2) is 5.38 Å². The predicted octanol–water partition coefficient (Wildman–Crippen LogP) is 1.41. The largest absolute Gasteiger partial charge is 0.480 e. The van der Waals surface area contributed by atoms with Crippen molar-refractivity contribution < 1.29 is 15.0 Å². The van der Waals surface area contributed by atoms with Crippen LogP contribution in [0.2, 0.25) is 0 Å². The number of benzene rings is 1. The lowest BCUT2D eigenvalue weighted by atomic mass is 10.1. The smallest absolute Gasteiger partial charge is 0.324 e. The number of aliphatic hydroxyl groups excluding tert-OH is 1. The van der Waals surface area contributed by atoms with Gasteiger partial charge in [-0.15, -0.1) is 11.6 Å². The molecule has 0 aromatic heterocycles. The van der Waals surface area contributed by atoms with Crippen LogP contribution in [-0.2, 0) is 4.79 Å². The molecule has 0 fully saturated rings. The number of hydrogen-bond donors (Lipinski definition) is 2. The Bertz CT molecular complexity index is 286. The van der Waals surface area contributed by atoms with E-state index in [2.05, 4.69) is 0 Å². The number of aliphatic hydroxyl groups is 1. The number of alkyl halides is 1. The number of aliphatic carboxylic acids is 1. The van der Waals surface area contributed by atoms with E-state index in [9.17, 15) is 9.90 Å². The molecule has 0 aliphatic heterocycles. The van der Waals surface area contributed by atoms with Crippen LogP contribution in [0.4, 0.5) is 0 Å². The second-order valence-electron chi connectivity index (χ2n) is 2.60. The maximum absolute atomic E-state index is 10.4. The van der Waals surface area contributed by atoms with Crippen molar-refractivity contribution >= 4 is 17.6 Å². The highest BCUT2D eigenvalue weighted by atomic mass is 35.5. The summed E-state index contributed by atoms with van der Waals surface area (Å²) in [6.45, 7) is 0. The topological polar surface area (TPSA) is 57.5 Å². The van der Waals surface area contributed by atoms with Gasteiger partial charge in [-0.05, 0) is 5.56 Å². The minimum atomic E-state index is -1.30. The molecule has 0 saturated carbocycles. The standard InChI is InChI=1S/C9H9ClO3/c10-7(9(12)13)8(11)6-4-2-1-3-5-6/h1-5,7-8,11H,(H,12,13)/t7-,8-/m1/s1. The number of rotatable bonds is 3. The van der Waals surface area contributed by atoms with E-state index in [0.717, 1.165) is 0 Å². The lowest BCUT2D eigenvalue weighted by Gasteiger charge is -2.12. The zero-order valence-corrected chi connectivity index (χ0v) is 7.48. The summed E-state index contributed by atoms with van der Waals surface area (Å²) in [6, 6.07) is 8.46. The van der Waals surface area contributed by atoms with Crippen molar-refractivity contribution in [2.24, 2.45) is 0 Å². The molecule has 1 rings (SSSR count). The van der Waals surface area contributed by atoms with Crippen LogP contribution < -0.4 is 0 Å². The molecule has 70 valence electrons. The molecule has 0 amide bonds. The lowest BCUT2D eigenvalue weighted by Crippen LogP contribution is -2.21. The summed E-state index contributed by atoms with van der Waals surface area (Å²) in [4.78, 5) is 10.4. The first-order chi connectivity index (χ1) is 6.13. The fourth-order valence-electron chi connectivity index (χ4n) is 0.954. The monoisotopic (exact) mass is 200 g/mol. The molecule has 0 bridgehead atoms. The number of halogens is 1. The van der Waals surface area contributed by atoms with E-state index in [1.165, 1.54) is 0 Å². The third-order valence-electron chi connectivity index (χ3n) is 1.65. The van der Waals surface area contributed by atoms with Crippen molar-refractivity contribution in [1.82, 2.24) is 0 Å². The van der Waals surface area contributed by atoms with E-state index in [4.69, 9.17) is 16.7 Å². The second-order valence-corrected chi connectivity index (χ2v) is 3.07. The van der Waals surface area contributed by atoms with E-state index in [0.29, 0.717) is 5.56 Å². The fraction of sp³-hybridized carbons (Fsp3) is 0.222. The molecule has 3 nitrogen and oxygen atoms in total. The van der Waals surface area contributed by atoms with Gasteiger partial charge in [0.25, 0.3) is 0 Å². The van der Waals surface area contributed by atoms with E-state index >= 15 is 0 Å². The van der Waals surface area contributed by atoms with Crippen molar-refractivity contribution in [2.75, 3.05) is 0 Å². The van der Waals surface area contributed by atoms with Crippen LogP contribution in [0.1, 0.15) is 11.7 Å². The Kier molecular flexibility index (Phi) is 3.28. The Labute approximate surface area is 80.6 Å². The van der Waals surface area contributed by atoms with Crippen LogP contribution in [0.15, 0.2) is 30.3 Å². The molecular formula is C9H9ClO3. The summed E-state index contributed by atoms with van der Waals surface area (Å²) in [5.41, 5.74) is 0.505. The molecule has 2 atom stereocenters. The van der Waals surface area contributed by atoms with Gasteiger partial charge in [0, 0.05) is 0 Å². The summed E-state index contributed by atoms with van der Waals surface area (Å²) in [6.07, 6.45) is -1.17. The van der Waals surface area contributed by atoms with Crippen molar-refractivity contribution in [3.63, 3.8) is 0 Å². The summed E-state index contributed by atoms with van der Waals surface area (Å²) in [5.74, 6) is -1.22. The minimum absolute atomic E-state index is 0.505. The summed E-state index contributed by atoms with van der Waals surface area (Å²) in [7, 11) is 0. The first-order valence-electron chi connectivity index (χ1n) is 3.73. The van der Waals surface area contributed by atoms with E-state index < -0.39 is 17.5 Å². The van der Waals surface area contributed by atoms with Crippen LogP contribution in [-0.4, -0.2) is 21.6 Å². The normalized spacial score (nSPS) is 14.9. The third kappa shape index (κ3) is 2.44. The Balaban J connectivity index is 2.79. The first kappa shape index (κ1) is 10.0. The molecule has 4 heteroatoms. The molecule has 0 saturated heterocycles. The molecule has 0 heterocycles. The average Bonchev–Trinajstić information content (AvgIpc) is 2.17. The molecule has 0 aliphatic rings. The van der Waals surface area contributed by atoms with Crippen molar-refractivity contribution in [2.45, 2.75) is 11.5 Å². The summed E-state index contributed by atoms with van der Waals surface area (Å²) < 4.78 is 0. The number of carboxylic acids is 1. The van der Waals surface area contributed by atoms with E-state index in [1.807, 2.05) is 0 Å². The maximum atomic E-state index is 10.4. The molecule has 1 aromatic carbocycles. The second kappa shape index (κ2) is 4.25. The van der Waals surface area contributed by atoms with Gasteiger partial charge in [-0.1, -0.05) is 30.3 Å². The third-order valence-corrected chi connectivity index (χ3v) is 2.08. The van der Waals surface area contributed by atoms with Gasteiger partial charge in [0.1, 0.15) is 6.10 Å². The minimum Gasteiger partial charge on any atom is -0.480 e. The molecule has 1 aromatic rings. The van der Waals surface area contributed by atoms with E-state index in [1.54, 1.807) is 30.3 Å². The van der Waals surface area contributed by atoms with Gasteiger partial charge in [-0.3, -0.25) is 4.79 Å². The molecule has 0 radical (unpaired) electrons. The molecule has 13 heavy (non-hydrogen) atoms. The SMILES string of the molecule is O=C(O)[C@H](Cl)[C@H](O)c1ccccc1. The summed E-state index contributed by atoms with van der Waals surface area (Å²) >= 11 is 5.45. The number of carboxylic acid groups (broad SMARTS) is 1. The molecule has 0 spiro atoms. The predicted molar refractivity (Wildman–Crippen MR) is 48.7 cm³/mol. The highest BCUT2D eigenvalue weighted by Crippen LogP contribution is 2.20. The van der Waals surface area contributed by atoms with Gasteiger partial charge in [0.2, 0.25) is 0 Å². The van der Waals surface area contributed by atoms with Crippen LogP contribution in [0.5, 0.6) is 0 Å². The first-order valence-corrected chi connectivity index (χ1v) is 4.16. The van der Waals surface area contributed by atoms with Gasteiger partial charge < -0.3 is 10.2 Å². The quantitative estimate of drug-likeness (QED) is 0.726. The van der Waals surface area contributed by atoms with Gasteiger partial charge in [-0.2, -0.15) is 0 Å². The average molecular weight is 201 g/mol.